The molecule has 2 rings (SSSR count). The molecule has 36 heavy (non-hydrogen) atoms. The first-order chi connectivity index (χ1) is 17.0. The third-order valence-electron chi connectivity index (χ3n) is 6.20. The van der Waals surface area contributed by atoms with Crippen LogP contribution in [0.15, 0.2) is 0 Å². The van der Waals surface area contributed by atoms with Gasteiger partial charge in [0.1, 0.15) is 25.4 Å². The maximum absolute atomic E-state index is 12.1. The van der Waals surface area contributed by atoms with Crippen LogP contribution < -0.4 is 22.1 Å². The number of carbonyl (C=O) groups excluding carboxylic acids is 4. The van der Waals surface area contributed by atoms with Crippen LogP contribution in [-0.4, -0.2) is 86.6 Å². The van der Waals surface area contributed by atoms with Gasteiger partial charge in [0, 0.05) is 23.9 Å². The molecule has 2 fully saturated rings. The predicted molar refractivity (Wildman–Crippen MR) is 130 cm³/mol. The van der Waals surface area contributed by atoms with E-state index in [1.54, 1.807) is 13.8 Å². The molecular formula is C24H42N4O8. The highest BCUT2D eigenvalue weighted by atomic mass is 16.6. The van der Waals surface area contributed by atoms with Crippen LogP contribution in [0, 0.1) is 0 Å². The van der Waals surface area contributed by atoms with Crippen LogP contribution in [0.1, 0.15) is 65.2 Å². The number of ether oxygens (including phenoxy) is 4. The molecule has 0 aromatic carbocycles. The Morgan fingerprint density at radius 2 is 1.03 bits per heavy atom. The minimum absolute atomic E-state index is 0.0739. The lowest BCUT2D eigenvalue weighted by Crippen LogP contribution is -2.45. The smallest absolute Gasteiger partial charge is 0.417 e. The number of nitrogens with one attached hydrogen (secondary N) is 2. The molecule has 0 aliphatic carbocycles. The van der Waals surface area contributed by atoms with Crippen molar-refractivity contribution in [3.63, 3.8) is 0 Å². The predicted octanol–water partition coefficient (Wildman–Crippen LogP) is -0.342. The number of hydrogen-bond donors (Lipinski definition) is 4. The summed E-state index contributed by atoms with van der Waals surface area (Å²) < 4.78 is 20.8. The van der Waals surface area contributed by atoms with Crippen LogP contribution in [0.5, 0.6) is 0 Å². The molecule has 2 aliphatic rings. The SMILES string of the molecule is CC(N)(CCC(=O)OC1CCNCC1)COC(=O)C(=O)OCC(C)(N)CCC(=O)OC1CCNCC1. The Morgan fingerprint density at radius 3 is 1.36 bits per heavy atom. The van der Waals surface area contributed by atoms with Gasteiger partial charge in [-0.2, -0.15) is 0 Å². The summed E-state index contributed by atoms with van der Waals surface area (Å²) in [6.45, 7) is 5.93. The molecule has 2 atom stereocenters. The summed E-state index contributed by atoms with van der Waals surface area (Å²) in [5.74, 6) is -3.12. The van der Waals surface area contributed by atoms with E-state index in [2.05, 4.69) is 10.6 Å². The number of esters is 4. The second-order valence-electron chi connectivity index (χ2n) is 10.3. The fourth-order valence-corrected chi connectivity index (χ4v) is 3.81. The van der Waals surface area contributed by atoms with Crippen molar-refractivity contribution >= 4 is 23.9 Å². The van der Waals surface area contributed by atoms with Crippen molar-refractivity contribution in [2.24, 2.45) is 11.5 Å². The molecule has 0 aromatic heterocycles. The molecule has 0 radical (unpaired) electrons. The molecule has 12 heteroatoms. The monoisotopic (exact) mass is 514 g/mol. The van der Waals surface area contributed by atoms with Gasteiger partial charge >= 0.3 is 23.9 Å². The third-order valence-corrected chi connectivity index (χ3v) is 6.20. The summed E-state index contributed by atoms with van der Waals surface area (Å²) in [7, 11) is 0. The lowest BCUT2D eigenvalue weighted by Gasteiger charge is -2.26. The van der Waals surface area contributed by atoms with Crippen LogP contribution in [-0.2, 0) is 38.1 Å². The Balaban J connectivity index is 1.62. The highest BCUT2D eigenvalue weighted by molar-refractivity contribution is 6.29. The molecule has 6 N–H and O–H groups in total. The molecule has 0 aromatic rings. The Kier molecular flexibility index (Phi) is 12.0. The van der Waals surface area contributed by atoms with Gasteiger partial charge in [-0.25, -0.2) is 9.59 Å². The normalized spacial score (nSPS) is 20.4. The van der Waals surface area contributed by atoms with E-state index in [-0.39, 0.29) is 63.0 Å². The van der Waals surface area contributed by atoms with Gasteiger partial charge in [0.2, 0.25) is 0 Å². The maximum atomic E-state index is 12.1. The zero-order valence-corrected chi connectivity index (χ0v) is 21.5. The summed E-state index contributed by atoms with van der Waals surface area (Å²) in [5.41, 5.74) is 10.2. The van der Waals surface area contributed by atoms with Crippen molar-refractivity contribution in [2.45, 2.75) is 88.5 Å². The average molecular weight is 515 g/mol. The molecule has 0 amide bonds. The topological polar surface area (TPSA) is 181 Å². The molecule has 2 unspecified atom stereocenters. The lowest BCUT2D eigenvalue weighted by atomic mass is 9.98. The van der Waals surface area contributed by atoms with Gasteiger partial charge in [0.25, 0.3) is 0 Å². The van der Waals surface area contributed by atoms with Crippen molar-refractivity contribution in [3.8, 4) is 0 Å². The van der Waals surface area contributed by atoms with Gasteiger partial charge in [-0.15, -0.1) is 0 Å². The molecule has 12 nitrogen and oxygen atoms in total. The first-order valence-electron chi connectivity index (χ1n) is 12.7. The van der Waals surface area contributed by atoms with Gasteiger partial charge < -0.3 is 41.0 Å². The minimum atomic E-state index is -1.20. The second-order valence-corrected chi connectivity index (χ2v) is 10.3. The Hall–Kier alpha value is -2.28. The van der Waals surface area contributed by atoms with E-state index in [9.17, 15) is 19.2 Å². The van der Waals surface area contributed by atoms with Crippen LogP contribution in [0.4, 0.5) is 0 Å². The van der Waals surface area contributed by atoms with Gasteiger partial charge in [-0.1, -0.05) is 0 Å². The first kappa shape index (κ1) is 29.9. The van der Waals surface area contributed by atoms with E-state index in [4.69, 9.17) is 30.4 Å². The standard InChI is InChI=1S/C24H42N4O8/c1-23(25,9-3-19(29)35-17-5-11-27-12-6-17)15-33-21(31)22(32)34-16-24(2,26)10-4-20(30)36-18-7-13-28-14-8-18/h17-18,27-28H,3-16,25-26H2,1-2H3. The lowest BCUT2D eigenvalue weighted by molar-refractivity contribution is -0.169. The van der Waals surface area contributed by atoms with Crippen molar-refractivity contribution in [1.29, 1.82) is 0 Å². The van der Waals surface area contributed by atoms with Crippen LogP contribution >= 0.6 is 0 Å². The quantitative estimate of drug-likeness (QED) is 0.151. The van der Waals surface area contributed by atoms with Crippen LogP contribution in [0.2, 0.25) is 0 Å². The van der Waals surface area contributed by atoms with Crippen LogP contribution in [0.3, 0.4) is 0 Å². The number of carbonyl (C=O) groups is 4. The van der Waals surface area contributed by atoms with E-state index in [1.165, 1.54) is 0 Å². The summed E-state index contributed by atoms with van der Waals surface area (Å²) in [6.07, 6.45) is 3.49. The van der Waals surface area contributed by atoms with Crippen LogP contribution in [0.25, 0.3) is 0 Å². The summed E-state index contributed by atoms with van der Waals surface area (Å²) >= 11 is 0. The molecule has 0 spiro atoms. The molecule has 0 saturated carbocycles. The van der Waals surface area contributed by atoms with Gasteiger partial charge in [0.15, 0.2) is 0 Å². The molecule has 206 valence electrons. The largest absolute Gasteiger partial charge is 0.462 e. The Bertz CT molecular complexity index is 684. The minimum Gasteiger partial charge on any atom is -0.462 e. The summed E-state index contributed by atoms with van der Waals surface area (Å²) in [4.78, 5) is 48.2. The Labute approximate surface area is 212 Å². The first-order valence-corrected chi connectivity index (χ1v) is 12.7. The average Bonchev–Trinajstić information content (AvgIpc) is 2.85. The van der Waals surface area contributed by atoms with Crippen molar-refractivity contribution in [3.05, 3.63) is 0 Å². The number of nitrogens with two attached hydrogens (primary N) is 2. The fourth-order valence-electron chi connectivity index (χ4n) is 3.81. The highest BCUT2D eigenvalue weighted by Crippen LogP contribution is 2.15. The van der Waals surface area contributed by atoms with E-state index in [1.807, 2.05) is 0 Å². The zero-order chi connectivity index (χ0) is 26.6. The van der Waals surface area contributed by atoms with Gasteiger partial charge in [0.05, 0.1) is 0 Å². The molecule has 2 heterocycles. The summed E-state index contributed by atoms with van der Waals surface area (Å²) in [6, 6.07) is 0. The van der Waals surface area contributed by atoms with E-state index >= 15 is 0 Å². The van der Waals surface area contributed by atoms with E-state index in [0.717, 1.165) is 51.9 Å². The molecule has 0 bridgehead atoms. The van der Waals surface area contributed by atoms with E-state index in [0.29, 0.717) is 0 Å². The number of rotatable bonds is 12. The zero-order valence-electron chi connectivity index (χ0n) is 21.5. The molecular weight excluding hydrogens is 472 g/mol. The highest BCUT2D eigenvalue weighted by Gasteiger charge is 2.29. The fraction of sp³-hybridized carbons (Fsp3) is 0.833. The summed E-state index contributed by atoms with van der Waals surface area (Å²) in [5, 5.41) is 6.39. The van der Waals surface area contributed by atoms with Gasteiger partial charge in [-0.05, 0) is 78.6 Å². The Morgan fingerprint density at radius 1 is 0.694 bits per heavy atom. The van der Waals surface area contributed by atoms with Crippen molar-refractivity contribution in [2.75, 3.05) is 39.4 Å². The molecule has 2 saturated heterocycles. The second kappa shape index (κ2) is 14.5. The number of hydrogen-bond acceptors (Lipinski definition) is 12. The van der Waals surface area contributed by atoms with Crippen molar-refractivity contribution < 1.29 is 38.1 Å². The van der Waals surface area contributed by atoms with Crippen molar-refractivity contribution in [1.82, 2.24) is 10.6 Å². The third kappa shape index (κ3) is 12.1. The number of piperidine rings is 2. The maximum Gasteiger partial charge on any atom is 0.417 e. The van der Waals surface area contributed by atoms with Gasteiger partial charge in [-0.3, -0.25) is 9.59 Å². The van der Waals surface area contributed by atoms with E-state index < -0.39 is 23.0 Å². The molecule has 2 aliphatic heterocycles.